The molecule has 0 aliphatic heterocycles. The molecule has 1 aromatic heterocycles. The summed E-state index contributed by atoms with van der Waals surface area (Å²) in [6.07, 6.45) is -3.64. The summed E-state index contributed by atoms with van der Waals surface area (Å²) in [4.78, 5) is 23.9. The minimum absolute atomic E-state index is 0.197. The van der Waals surface area contributed by atoms with Crippen LogP contribution in [0, 0.1) is 0 Å². The monoisotopic (exact) mass is 321 g/mol. The number of aliphatic carboxylic acids is 1. The van der Waals surface area contributed by atoms with Gasteiger partial charge in [-0.05, 0) is 23.1 Å². The van der Waals surface area contributed by atoms with E-state index in [9.17, 15) is 22.8 Å². The van der Waals surface area contributed by atoms with Crippen LogP contribution in [0.3, 0.4) is 0 Å². The number of carbonyl (C=O) groups excluding carboxylic acids is 1. The number of hydrogen-bond acceptors (Lipinski definition) is 3. The molecule has 0 atom stereocenters. The van der Waals surface area contributed by atoms with Gasteiger partial charge in [0.25, 0.3) is 0 Å². The Morgan fingerprint density at radius 1 is 1.43 bits per heavy atom. The quantitative estimate of drug-likeness (QED) is 0.819. The van der Waals surface area contributed by atoms with Crippen LogP contribution in [0.5, 0.6) is 0 Å². The van der Waals surface area contributed by atoms with Crippen LogP contribution in [0.25, 0.3) is 6.08 Å². The van der Waals surface area contributed by atoms with Gasteiger partial charge in [-0.3, -0.25) is 4.79 Å². The molecule has 1 aromatic rings. The van der Waals surface area contributed by atoms with Crippen LogP contribution in [0.4, 0.5) is 13.2 Å². The fourth-order valence-corrected chi connectivity index (χ4v) is 2.40. The van der Waals surface area contributed by atoms with E-state index in [0.717, 1.165) is 11.0 Å². The number of thiophene rings is 1. The van der Waals surface area contributed by atoms with E-state index in [1.165, 1.54) is 29.4 Å². The first kappa shape index (κ1) is 17.2. The van der Waals surface area contributed by atoms with Crippen molar-refractivity contribution in [3.8, 4) is 0 Å². The van der Waals surface area contributed by atoms with Crippen molar-refractivity contribution in [1.82, 2.24) is 4.90 Å². The Balaban J connectivity index is 2.53. The predicted molar refractivity (Wildman–Crippen MR) is 72.8 cm³/mol. The smallest absolute Gasteiger partial charge is 0.389 e. The second-order valence-corrected chi connectivity index (χ2v) is 5.38. The van der Waals surface area contributed by atoms with Gasteiger partial charge in [0.1, 0.15) is 0 Å². The van der Waals surface area contributed by atoms with Gasteiger partial charge in [-0.1, -0.05) is 0 Å². The fourth-order valence-electron chi connectivity index (χ4n) is 1.50. The predicted octanol–water partition coefficient (Wildman–Crippen LogP) is 3.15. The van der Waals surface area contributed by atoms with Gasteiger partial charge in [-0.2, -0.15) is 13.2 Å². The summed E-state index contributed by atoms with van der Waals surface area (Å²) in [6.45, 7) is 0.197. The number of carboxylic acid groups (broad SMARTS) is 1. The molecule has 116 valence electrons. The average molecular weight is 321 g/mol. The van der Waals surface area contributed by atoms with Gasteiger partial charge in [0, 0.05) is 24.4 Å². The molecule has 21 heavy (non-hydrogen) atoms. The maximum absolute atomic E-state index is 12.0. The molecule has 4 nitrogen and oxygen atoms in total. The highest BCUT2D eigenvalue weighted by Gasteiger charge is 2.28. The van der Waals surface area contributed by atoms with E-state index >= 15 is 0 Å². The first-order chi connectivity index (χ1) is 9.67. The maximum atomic E-state index is 12.0. The Hall–Kier alpha value is -1.83. The fraction of sp³-hybridized carbons (Fsp3) is 0.385. The van der Waals surface area contributed by atoms with Gasteiger partial charge in [0.15, 0.2) is 0 Å². The van der Waals surface area contributed by atoms with E-state index in [1.807, 2.05) is 0 Å². The Morgan fingerprint density at radius 3 is 2.67 bits per heavy atom. The molecule has 1 heterocycles. The molecule has 0 spiro atoms. The van der Waals surface area contributed by atoms with Crippen LogP contribution in [-0.2, 0) is 16.1 Å². The van der Waals surface area contributed by atoms with Gasteiger partial charge < -0.3 is 10.0 Å². The second kappa shape index (κ2) is 7.26. The van der Waals surface area contributed by atoms with Crippen molar-refractivity contribution < 1.29 is 27.9 Å². The lowest BCUT2D eigenvalue weighted by Crippen LogP contribution is -2.27. The molecule has 0 unspecified atom stereocenters. The zero-order valence-corrected chi connectivity index (χ0v) is 12.0. The topological polar surface area (TPSA) is 57.6 Å². The largest absolute Gasteiger partial charge is 0.478 e. The summed E-state index contributed by atoms with van der Waals surface area (Å²) in [5.41, 5.74) is 0.675. The molecule has 0 aromatic carbocycles. The van der Waals surface area contributed by atoms with Crippen molar-refractivity contribution in [1.29, 1.82) is 0 Å². The SMILES string of the molecule is CN(Cc1cc(C=CC(=O)O)cs1)C(=O)CCC(F)(F)F. The Morgan fingerprint density at radius 2 is 2.10 bits per heavy atom. The lowest BCUT2D eigenvalue weighted by atomic mass is 10.2. The zero-order valence-electron chi connectivity index (χ0n) is 11.2. The van der Waals surface area contributed by atoms with Crippen molar-refractivity contribution in [2.45, 2.75) is 25.6 Å². The van der Waals surface area contributed by atoms with Crippen molar-refractivity contribution in [2.24, 2.45) is 0 Å². The van der Waals surface area contributed by atoms with E-state index in [2.05, 4.69) is 0 Å². The van der Waals surface area contributed by atoms with Crippen LogP contribution in [-0.4, -0.2) is 35.1 Å². The van der Waals surface area contributed by atoms with Gasteiger partial charge in [0.2, 0.25) is 5.91 Å². The summed E-state index contributed by atoms with van der Waals surface area (Å²) in [7, 11) is 1.44. The Labute approximate surface area is 123 Å². The average Bonchev–Trinajstić information content (AvgIpc) is 2.80. The summed E-state index contributed by atoms with van der Waals surface area (Å²) in [6, 6.07) is 1.69. The number of halogens is 3. The number of carbonyl (C=O) groups is 2. The molecule has 1 rings (SSSR count). The van der Waals surface area contributed by atoms with E-state index in [-0.39, 0.29) is 6.54 Å². The second-order valence-electron chi connectivity index (χ2n) is 4.38. The molecule has 0 fully saturated rings. The van der Waals surface area contributed by atoms with Crippen LogP contribution in [0.15, 0.2) is 17.5 Å². The van der Waals surface area contributed by atoms with Crippen molar-refractivity contribution in [3.63, 3.8) is 0 Å². The number of rotatable bonds is 6. The van der Waals surface area contributed by atoms with Gasteiger partial charge in [-0.15, -0.1) is 11.3 Å². The van der Waals surface area contributed by atoms with E-state index < -0.39 is 30.9 Å². The molecular formula is C13H14F3NO3S. The summed E-state index contributed by atoms with van der Waals surface area (Å²) in [5, 5.41) is 10.2. The molecule has 0 aliphatic carbocycles. The van der Waals surface area contributed by atoms with E-state index in [1.54, 1.807) is 11.4 Å². The highest BCUT2D eigenvalue weighted by molar-refractivity contribution is 7.10. The van der Waals surface area contributed by atoms with Crippen LogP contribution in [0.1, 0.15) is 23.3 Å². The van der Waals surface area contributed by atoms with Crippen LogP contribution >= 0.6 is 11.3 Å². The molecule has 0 saturated carbocycles. The van der Waals surface area contributed by atoms with E-state index in [0.29, 0.717) is 5.56 Å². The Kier molecular flexibility index (Phi) is 5.95. The number of hydrogen-bond donors (Lipinski definition) is 1. The van der Waals surface area contributed by atoms with Crippen molar-refractivity contribution in [3.05, 3.63) is 28.0 Å². The number of amides is 1. The normalized spacial score (nSPS) is 11.8. The molecule has 0 aliphatic rings. The van der Waals surface area contributed by atoms with Crippen molar-refractivity contribution >= 4 is 29.3 Å². The van der Waals surface area contributed by atoms with Crippen LogP contribution < -0.4 is 0 Å². The van der Waals surface area contributed by atoms with Crippen LogP contribution in [0.2, 0.25) is 0 Å². The number of nitrogens with zero attached hydrogens (tertiary/aromatic N) is 1. The molecule has 1 N–H and O–H groups in total. The third-order valence-corrected chi connectivity index (χ3v) is 3.47. The summed E-state index contributed by atoms with van der Waals surface area (Å²) >= 11 is 1.31. The molecule has 1 amide bonds. The highest BCUT2D eigenvalue weighted by atomic mass is 32.1. The summed E-state index contributed by atoms with van der Waals surface area (Å²) in [5.74, 6) is -1.65. The minimum atomic E-state index is -4.34. The molecule has 8 heteroatoms. The molecule has 0 radical (unpaired) electrons. The highest BCUT2D eigenvalue weighted by Crippen LogP contribution is 2.22. The minimum Gasteiger partial charge on any atom is -0.478 e. The van der Waals surface area contributed by atoms with Gasteiger partial charge in [0.05, 0.1) is 13.0 Å². The lowest BCUT2D eigenvalue weighted by molar-refractivity contribution is -0.148. The van der Waals surface area contributed by atoms with Gasteiger partial charge >= 0.3 is 12.1 Å². The first-order valence-electron chi connectivity index (χ1n) is 5.96. The number of alkyl halides is 3. The third kappa shape index (κ3) is 6.94. The van der Waals surface area contributed by atoms with Gasteiger partial charge in [-0.25, -0.2) is 4.79 Å². The summed E-state index contributed by atoms with van der Waals surface area (Å²) < 4.78 is 36.1. The molecule has 0 bridgehead atoms. The molecular weight excluding hydrogens is 307 g/mol. The zero-order chi connectivity index (χ0) is 16.0. The van der Waals surface area contributed by atoms with Crippen molar-refractivity contribution in [2.75, 3.05) is 7.05 Å². The third-order valence-electron chi connectivity index (χ3n) is 2.53. The number of carboxylic acids is 1. The Bertz CT molecular complexity index is 537. The first-order valence-corrected chi connectivity index (χ1v) is 6.84. The lowest BCUT2D eigenvalue weighted by Gasteiger charge is -2.16. The molecule has 0 saturated heterocycles. The maximum Gasteiger partial charge on any atom is 0.389 e. The van der Waals surface area contributed by atoms with E-state index in [4.69, 9.17) is 5.11 Å². The standard InChI is InChI=1S/C13H14F3NO3S/c1-17(11(18)4-5-13(14,15)16)7-10-6-9(8-21-10)2-3-12(19)20/h2-3,6,8H,4-5,7H2,1H3,(H,19,20).